The number of carbonyl (C=O) groups excluding carboxylic acids is 1. The third-order valence-electron chi connectivity index (χ3n) is 2.66. The van der Waals surface area contributed by atoms with Gasteiger partial charge in [0.2, 0.25) is 0 Å². The van der Waals surface area contributed by atoms with Gasteiger partial charge in [-0.25, -0.2) is 13.2 Å². The number of halogens is 4. The Morgan fingerprint density at radius 2 is 1.88 bits per heavy atom. The highest BCUT2D eigenvalue weighted by Crippen LogP contribution is 2.29. The largest absolute Gasteiger partial charge is 0.363 e. The molecule has 17 heavy (non-hydrogen) atoms. The zero-order chi connectivity index (χ0) is 12.6. The van der Waals surface area contributed by atoms with Crippen molar-refractivity contribution >= 4 is 23.1 Å². The minimum atomic E-state index is -1.70. The summed E-state index contributed by atoms with van der Waals surface area (Å²) in [5.74, 6) is -2.23. The molecule has 0 N–H and O–H groups in total. The standard InChI is InChI=1S/C11H9ClF3NO/c12-6-3-7(13)11(8(14)4-6)16-2-1-10(17)9(15)5-16/h3-4,9H,1-2,5H2/t9-/m0/s1. The first-order valence-electron chi connectivity index (χ1n) is 5.05. The summed E-state index contributed by atoms with van der Waals surface area (Å²) >= 11 is 5.49. The number of anilines is 1. The van der Waals surface area contributed by atoms with Crippen molar-refractivity contribution < 1.29 is 18.0 Å². The lowest BCUT2D eigenvalue weighted by atomic mass is 10.1. The van der Waals surface area contributed by atoms with Gasteiger partial charge >= 0.3 is 0 Å². The van der Waals surface area contributed by atoms with Gasteiger partial charge in [0.1, 0.15) is 5.69 Å². The number of benzene rings is 1. The summed E-state index contributed by atoms with van der Waals surface area (Å²) in [6.07, 6.45) is -1.75. The number of piperidine rings is 1. The van der Waals surface area contributed by atoms with E-state index in [-0.39, 0.29) is 30.2 Å². The predicted molar refractivity (Wildman–Crippen MR) is 58.1 cm³/mol. The number of rotatable bonds is 1. The van der Waals surface area contributed by atoms with Crippen LogP contribution in [-0.4, -0.2) is 25.0 Å². The maximum Gasteiger partial charge on any atom is 0.175 e. The highest BCUT2D eigenvalue weighted by atomic mass is 35.5. The van der Waals surface area contributed by atoms with Crippen molar-refractivity contribution in [3.63, 3.8) is 0 Å². The highest BCUT2D eigenvalue weighted by Gasteiger charge is 2.29. The molecule has 0 aromatic heterocycles. The van der Waals surface area contributed by atoms with Crippen molar-refractivity contribution in [1.82, 2.24) is 0 Å². The van der Waals surface area contributed by atoms with Crippen molar-refractivity contribution in [3.8, 4) is 0 Å². The predicted octanol–water partition coefficient (Wildman–Crippen LogP) is 2.74. The Morgan fingerprint density at radius 3 is 2.41 bits per heavy atom. The van der Waals surface area contributed by atoms with Crippen molar-refractivity contribution in [2.45, 2.75) is 12.6 Å². The van der Waals surface area contributed by atoms with Crippen LogP contribution in [0.5, 0.6) is 0 Å². The van der Waals surface area contributed by atoms with Crippen molar-refractivity contribution in [2.24, 2.45) is 0 Å². The van der Waals surface area contributed by atoms with Gasteiger partial charge < -0.3 is 4.90 Å². The summed E-state index contributed by atoms with van der Waals surface area (Å²) in [5.41, 5.74) is -0.329. The molecule has 1 heterocycles. The number of ketones is 1. The lowest BCUT2D eigenvalue weighted by Crippen LogP contribution is -2.43. The van der Waals surface area contributed by atoms with Crippen LogP contribution in [-0.2, 0) is 4.79 Å². The minimum absolute atomic E-state index is 0.0529. The summed E-state index contributed by atoms with van der Waals surface area (Å²) in [4.78, 5) is 12.2. The molecule has 1 aliphatic rings. The third kappa shape index (κ3) is 2.39. The molecule has 1 aliphatic heterocycles. The van der Waals surface area contributed by atoms with Crippen molar-refractivity contribution in [3.05, 3.63) is 28.8 Å². The Bertz CT molecular complexity index is 443. The monoisotopic (exact) mass is 263 g/mol. The van der Waals surface area contributed by atoms with Gasteiger partial charge in [-0.3, -0.25) is 4.79 Å². The van der Waals surface area contributed by atoms with E-state index in [9.17, 15) is 18.0 Å². The van der Waals surface area contributed by atoms with Crippen LogP contribution in [0.3, 0.4) is 0 Å². The average molecular weight is 264 g/mol. The number of Topliss-reactive ketones (excluding diaryl/α,β-unsaturated/α-hetero) is 1. The molecule has 1 saturated heterocycles. The van der Waals surface area contributed by atoms with Crippen LogP contribution in [0.2, 0.25) is 5.02 Å². The van der Waals surface area contributed by atoms with E-state index >= 15 is 0 Å². The Labute approximate surface area is 101 Å². The van der Waals surface area contributed by atoms with E-state index in [1.165, 1.54) is 4.90 Å². The molecule has 2 nitrogen and oxygen atoms in total. The van der Waals surface area contributed by atoms with Gasteiger partial charge in [-0.1, -0.05) is 11.6 Å². The van der Waals surface area contributed by atoms with Crippen LogP contribution >= 0.6 is 11.6 Å². The van der Waals surface area contributed by atoms with Gasteiger partial charge in [0.05, 0.1) is 6.54 Å². The molecule has 0 aliphatic carbocycles. The molecule has 1 aromatic rings. The Balaban J connectivity index is 2.32. The van der Waals surface area contributed by atoms with E-state index in [0.29, 0.717) is 0 Å². The Morgan fingerprint density at radius 1 is 1.29 bits per heavy atom. The second-order valence-corrected chi connectivity index (χ2v) is 4.28. The van der Waals surface area contributed by atoms with Gasteiger partial charge in [0.15, 0.2) is 23.6 Å². The average Bonchev–Trinajstić information content (AvgIpc) is 2.21. The highest BCUT2D eigenvalue weighted by molar-refractivity contribution is 6.30. The molecule has 1 atom stereocenters. The molecule has 1 fully saturated rings. The molecule has 0 spiro atoms. The van der Waals surface area contributed by atoms with Crippen LogP contribution in [0, 0.1) is 11.6 Å². The van der Waals surface area contributed by atoms with E-state index in [1.54, 1.807) is 0 Å². The van der Waals surface area contributed by atoms with Gasteiger partial charge in [-0.15, -0.1) is 0 Å². The van der Waals surface area contributed by atoms with E-state index in [2.05, 4.69) is 0 Å². The number of hydrogen-bond acceptors (Lipinski definition) is 2. The summed E-state index contributed by atoms with van der Waals surface area (Å²) in [5, 5.41) is -0.0614. The number of hydrogen-bond donors (Lipinski definition) is 0. The van der Waals surface area contributed by atoms with Crippen LogP contribution in [0.25, 0.3) is 0 Å². The van der Waals surface area contributed by atoms with Crippen molar-refractivity contribution in [1.29, 1.82) is 0 Å². The molecule has 0 unspecified atom stereocenters. The first kappa shape index (κ1) is 12.2. The molecule has 1 aromatic carbocycles. The summed E-state index contributed by atoms with van der Waals surface area (Å²) in [7, 11) is 0. The SMILES string of the molecule is O=C1CCN(c2c(F)cc(Cl)cc2F)C[C@@H]1F. The number of nitrogens with zero attached hydrogens (tertiary/aromatic N) is 1. The normalized spacial score (nSPS) is 20.8. The molecule has 6 heteroatoms. The first-order chi connectivity index (χ1) is 7.99. The fourth-order valence-corrected chi connectivity index (χ4v) is 2.02. The molecule has 0 bridgehead atoms. The van der Waals surface area contributed by atoms with Crippen LogP contribution in [0.1, 0.15) is 6.42 Å². The number of alkyl halides is 1. The fourth-order valence-electron chi connectivity index (χ4n) is 1.83. The maximum atomic E-state index is 13.5. The van der Waals surface area contributed by atoms with Gasteiger partial charge in [-0.05, 0) is 12.1 Å². The second kappa shape index (κ2) is 4.56. The molecule has 2 rings (SSSR count). The summed E-state index contributed by atoms with van der Waals surface area (Å²) in [6, 6.07) is 1.92. The van der Waals surface area contributed by atoms with Gasteiger partial charge in [0.25, 0.3) is 0 Å². The zero-order valence-corrected chi connectivity index (χ0v) is 9.48. The molecular formula is C11H9ClF3NO. The Hall–Kier alpha value is -1.23. The minimum Gasteiger partial charge on any atom is -0.363 e. The topological polar surface area (TPSA) is 20.3 Å². The lowest BCUT2D eigenvalue weighted by Gasteiger charge is -2.30. The van der Waals surface area contributed by atoms with E-state index in [4.69, 9.17) is 11.6 Å². The van der Waals surface area contributed by atoms with Crippen LogP contribution in [0.15, 0.2) is 12.1 Å². The molecular weight excluding hydrogens is 255 g/mol. The van der Waals surface area contributed by atoms with E-state index in [0.717, 1.165) is 12.1 Å². The smallest absolute Gasteiger partial charge is 0.175 e. The summed E-state index contributed by atoms with van der Waals surface area (Å²) in [6.45, 7) is -0.219. The van der Waals surface area contributed by atoms with Crippen molar-refractivity contribution in [2.75, 3.05) is 18.0 Å². The Kier molecular flexibility index (Phi) is 3.28. The third-order valence-corrected chi connectivity index (χ3v) is 2.87. The molecule has 0 saturated carbocycles. The summed E-state index contributed by atoms with van der Waals surface area (Å²) < 4.78 is 40.3. The fraction of sp³-hybridized carbons (Fsp3) is 0.364. The van der Waals surface area contributed by atoms with Crippen LogP contribution in [0.4, 0.5) is 18.9 Å². The van der Waals surface area contributed by atoms with Gasteiger partial charge in [-0.2, -0.15) is 0 Å². The first-order valence-corrected chi connectivity index (χ1v) is 5.43. The molecule has 92 valence electrons. The quantitative estimate of drug-likeness (QED) is 0.776. The molecule has 0 amide bonds. The molecule has 0 radical (unpaired) electrons. The van der Waals surface area contributed by atoms with E-state index < -0.39 is 23.6 Å². The zero-order valence-electron chi connectivity index (χ0n) is 8.72. The lowest BCUT2D eigenvalue weighted by molar-refractivity contribution is -0.124. The maximum absolute atomic E-state index is 13.5. The van der Waals surface area contributed by atoms with Gasteiger partial charge in [0, 0.05) is 18.0 Å². The van der Waals surface area contributed by atoms with E-state index in [1.807, 2.05) is 0 Å². The second-order valence-electron chi connectivity index (χ2n) is 3.85. The van der Waals surface area contributed by atoms with Crippen LogP contribution < -0.4 is 4.90 Å². The number of carbonyl (C=O) groups is 1.